The van der Waals surface area contributed by atoms with Crippen LogP contribution in [-0.2, 0) is 46.7 Å². The van der Waals surface area contributed by atoms with Gasteiger partial charge in [-0.15, -0.1) is 12.3 Å². The van der Waals surface area contributed by atoms with Crippen molar-refractivity contribution in [2.24, 2.45) is 17.6 Å². The SMILES string of the molecule is [2H]NCC(CC(=O)C(C)c1ccc(CC(C)C)cc1)C(=C)NCCC(=C)C[CH-]C(=C)NCCCCC(NC(=O)NC(CCC(=O)O)C(=O)O)C(=O)O.[W]. The van der Waals surface area contributed by atoms with Crippen LogP contribution in [0.25, 0.3) is 0 Å². The Morgan fingerprint density at radius 3 is 2.04 bits per heavy atom. The molecule has 0 aliphatic heterocycles. The molecule has 0 aromatic heterocycles. The molecule has 1 rings (SSSR count). The molecule has 2 amide bonds. The van der Waals surface area contributed by atoms with E-state index in [0.29, 0.717) is 62.6 Å². The maximum absolute atomic E-state index is 13.2. The summed E-state index contributed by atoms with van der Waals surface area (Å²) in [6, 6.07) is 4.50. The van der Waals surface area contributed by atoms with Crippen LogP contribution >= 0.6 is 0 Å². The first-order valence-corrected chi connectivity index (χ1v) is 17.4. The second-order valence-corrected chi connectivity index (χ2v) is 13.3. The summed E-state index contributed by atoms with van der Waals surface area (Å²) in [6.07, 6.45) is 4.68. The van der Waals surface area contributed by atoms with Crippen LogP contribution in [0.1, 0.15) is 89.2 Å². The molecule has 0 aliphatic rings. The predicted molar refractivity (Wildman–Crippen MR) is 198 cm³/mol. The van der Waals surface area contributed by atoms with Crippen LogP contribution in [-0.4, -0.2) is 76.8 Å². The van der Waals surface area contributed by atoms with E-state index in [0.717, 1.165) is 17.6 Å². The fourth-order valence-electron chi connectivity index (χ4n) is 5.19. The molecule has 0 fully saturated rings. The summed E-state index contributed by atoms with van der Waals surface area (Å²) < 4.78 is 7.51. The standard InChI is InChI=1S/C38H58N5O8.W/c1-24(2)21-29-12-14-30(15-13-29)27(5)34(44)22-31(23-39)28(6)41-20-18-25(3)10-11-26(4)40-19-8-7-9-32(36(47)48)42-38(51)43-33(37(49)50)16-17-35(45)46;/h11-15,24,27,31-33,40-41H,3-4,6-10,16-23,39H2,1-2,5H3,(H,45,46)(H,47,48)(H,49,50)(H2,42,43,51);/q-1;/i/hD. The second kappa shape index (κ2) is 25.8. The van der Waals surface area contributed by atoms with E-state index in [-0.39, 0.29) is 57.9 Å². The summed E-state index contributed by atoms with van der Waals surface area (Å²) in [5.41, 5.74) is 6.97. The quantitative estimate of drug-likeness (QED) is 0.0318. The molecule has 1 aromatic carbocycles. The Labute approximate surface area is 324 Å². The van der Waals surface area contributed by atoms with Crippen LogP contribution in [0, 0.1) is 18.3 Å². The number of hydrogen-bond donors (Lipinski definition) is 8. The van der Waals surface area contributed by atoms with Crippen LogP contribution in [0.15, 0.2) is 61.0 Å². The van der Waals surface area contributed by atoms with Crippen molar-refractivity contribution in [3.8, 4) is 0 Å². The Balaban J connectivity index is 0.0000270. The number of unbranched alkanes of at least 4 members (excludes halogenated alkanes) is 1. The topological polar surface area (TPSA) is 220 Å². The number of Topliss-reactive ketones (excluding diaryl/α,β-unsaturated/α-hetero) is 1. The molecule has 4 atom stereocenters. The van der Waals surface area contributed by atoms with E-state index in [1.54, 1.807) is 0 Å². The first-order chi connectivity index (χ1) is 24.5. The fraction of sp³-hybridized carbons (Fsp3) is 0.526. The molecule has 0 saturated carbocycles. The van der Waals surface area contributed by atoms with E-state index in [9.17, 15) is 34.2 Å². The summed E-state index contributed by atoms with van der Waals surface area (Å²) in [4.78, 5) is 58.9. The molecule has 52 heavy (non-hydrogen) atoms. The van der Waals surface area contributed by atoms with Gasteiger partial charge in [0.25, 0.3) is 0 Å². The van der Waals surface area contributed by atoms with Gasteiger partial charge in [-0.2, -0.15) is 0 Å². The number of nitrogens with one attached hydrogen (secondary N) is 4. The van der Waals surface area contributed by atoms with Gasteiger partial charge in [0.1, 0.15) is 19.3 Å². The molecule has 9 N–H and O–H groups in total. The van der Waals surface area contributed by atoms with Gasteiger partial charge in [-0.05, 0) is 55.6 Å². The third kappa shape index (κ3) is 20.1. The predicted octanol–water partition coefficient (Wildman–Crippen LogP) is 4.51. The zero-order valence-electron chi connectivity index (χ0n) is 31.7. The van der Waals surface area contributed by atoms with E-state index < -0.39 is 42.4 Å². The Morgan fingerprint density at radius 1 is 0.865 bits per heavy atom. The first kappa shape index (κ1) is 45.9. The molecule has 0 saturated heterocycles. The van der Waals surface area contributed by atoms with Crippen molar-refractivity contribution < 1.29 is 61.8 Å². The molecule has 0 bridgehead atoms. The number of amides is 2. The molecule has 14 heteroatoms. The molecular weight excluding hydrogens is 838 g/mol. The third-order valence-electron chi connectivity index (χ3n) is 8.39. The largest absolute Gasteiger partial charge is 0.481 e. The number of aliphatic carboxylic acids is 3. The van der Waals surface area contributed by atoms with E-state index in [1.165, 1.54) is 5.56 Å². The van der Waals surface area contributed by atoms with Gasteiger partial charge in [-0.1, -0.05) is 63.6 Å². The van der Waals surface area contributed by atoms with Crippen molar-refractivity contribution in [2.75, 3.05) is 19.6 Å². The van der Waals surface area contributed by atoms with E-state index >= 15 is 0 Å². The number of carboxylic acids is 3. The minimum absolute atomic E-state index is 0. The van der Waals surface area contributed by atoms with Crippen LogP contribution in [0.2, 0.25) is 1.41 Å². The average molecular weight is 898 g/mol. The van der Waals surface area contributed by atoms with Crippen molar-refractivity contribution in [1.29, 1.82) is 0 Å². The fourth-order valence-corrected chi connectivity index (χ4v) is 5.19. The van der Waals surface area contributed by atoms with Gasteiger partial charge in [0.2, 0.25) is 0 Å². The number of urea groups is 1. The molecular formula is C38H58N5O8W-. The Hall–Kier alpha value is -4.09. The van der Waals surface area contributed by atoms with E-state index in [1.807, 2.05) is 25.5 Å². The number of hydrogen-bond acceptors (Lipinski definition) is 8. The number of ketones is 1. The number of carbonyl (C=O) groups is 5. The van der Waals surface area contributed by atoms with Gasteiger partial charge >= 0.3 is 23.9 Å². The Bertz CT molecular complexity index is 1370. The summed E-state index contributed by atoms with van der Waals surface area (Å²) in [6.45, 7) is 19.9. The van der Waals surface area contributed by atoms with Crippen molar-refractivity contribution in [2.45, 2.75) is 96.6 Å². The van der Waals surface area contributed by atoms with Crippen molar-refractivity contribution >= 4 is 29.7 Å². The van der Waals surface area contributed by atoms with E-state index in [4.69, 9.17) is 6.52 Å². The number of rotatable bonds is 29. The Morgan fingerprint density at radius 2 is 1.48 bits per heavy atom. The summed E-state index contributed by atoms with van der Waals surface area (Å²) in [5.74, 6) is -3.77. The molecule has 290 valence electrons. The van der Waals surface area contributed by atoms with Gasteiger partial charge in [0.05, 0.1) is 0 Å². The van der Waals surface area contributed by atoms with Gasteiger partial charge in [-0.25, -0.2) is 27.4 Å². The molecule has 13 nitrogen and oxygen atoms in total. The van der Waals surface area contributed by atoms with E-state index in [2.05, 4.69) is 72.7 Å². The van der Waals surface area contributed by atoms with Gasteiger partial charge in [-0.3, -0.25) is 9.59 Å². The smallest absolute Gasteiger partial charge is 0.326 e. The number of carbonyl (C=O) groups excluding carboxylic acids is 2. The van der Waals surface area contributed by atoms with Crippen LogP contribution < -0.4 is 27.0 Å². The minimum Gasteiger partial charge on any atom is -0.481 e. The Kier molecular flexibility index (Phi) is 22.8. The first-order valence-electron chi connectivity index (χ1n) is 17.9. The zero-order chi connectivity index (χ0) is 39.2. The number of carboxylic acid groups (broad SMARTS) is 3. The third-order valence-corrected chi connectivity index (χ3v) is 8.39. The molecule has 1 aromatic rings. The number of benzene rings is 1. The molecule has 0 radical (unpaired) electrons. The van der Waals surface area contributed by atoms with Crippen molar-refractivity contribution in [3.05, 3.63) is 78.5 Å². The van der Waals surface area contributed by atoms with Gasteiger partial charge in [0, 0.05) is 71.1 Å². The number of allylic oxidation sites excluding steroid dienone is 1. The van der Waals surface area contributed by atoms with Crippen LogP contribution in [0.5, 0.6) is 0 Å². The summed E-state index contributed by atoms with van der Waals surface area (Å²) in [7, 11) is 0. The maximum atomic E-state index is 13.2. The molecule has 4 unspecified atom stereocenters. The summed E-state index contributed by atoms with van der Waals surface area (Å²) in [5, 5.41) is 38.2. The molecule has 0 spiro atoms. The number of nitrogens with two attached hydrogens (primary N) is 1. The zero-order valence-corrected chi connectivity index (χ0v) is 33.6. The van der Waals surface area contributed by atoms with Crippen molar-refractivity contribution in [1.82, 2.24) is 21.3 Å². The van der Waals surface area contributed by atoms with Crippen LogP contribution in [0.4, 0.5) is 4.79 Å². The van der Waals surface area contributed by atoms with Crippen LogP contribution in [0.3, 0.4) is 0 Å². The van der Waals surface area contributed by atoms with Gasteiger partial charge in [0.15, 0.2) is 0 Å². The molecule has 0 aliphatic carbocycles. The average Bonchev–Trinajstić information content (AvgIpc) is 3.07. The van der Waals surface area contributed by atoms with Crippen molar-refractivity contribution in [3.63, 3.8) is 0 Å². The maximum Gasteiger partial charge on any atom is 0.326 e. The molecule has 0 heterocycles. The van der Waals surface area contributed by atoms with Gasteiger partial charge < -0.3 is 42.3 Å². The monoisotopic (exact) mass is 897 g/mol. The second-order valence-electron chi connectivity index (χ2n) is 13.3. The summed E-state index contributed by atoms with van der Waals surface area (Å²) >= 11 is 0. The minimum atomic E-state index is -1.47. The normalized spacial score (nSPS) is 13.2.